The van der Waals surface area contributed by atoms with Crippen LogP contribution in [0.2, 0.25) is 0 Å². The fourth-order valence-electron chi connectivity index (χ4n) is 2.34. The van der Waals surface area contributed by atoms with Crippen LogP contribution in [-0.4, -0.2) is 49.7 Å². The van der Waals surface area contributed by atoms with Gasteiger partial charge in [0.25, 0.3) is 0 Å². The smallest absolute Gasteiger partial charge is 0.320 e. The third kappa shape index (κ3) is 5.55. The number of carbonyl (C=O) groups is 1. The summed E-state index contributed by atoms with van der Waals surface area (Å²) >= 11 is 0. The summed E-state index contributed by atoms with van der Waals surface area (Å²) in [5.74, 6) is 0.865. The Hall–Kier alpha value is -0.320. The lowest BCUT2D eigenvalue weighted by Crippen LogP contribution is -2.44. The number of ether oxygens (including phenoxy) is 1. The molecule has 0 aromatic rings. The van der Waals surface area contributed by atoms with Crippen LogP contribution >= 0.6 is 12.4 Å². The highest BCUT2D eigenvalue weighted by Crippen LogP contribution is 2.28. The molecule has 1 saturated heterocycles. The molecular formula is C13H25ClN2O2. The Balaban J connectivity index is 0.00000162. The van der Waals surface area contributed by atoms with E-state index in [1.54, 1.807) is 0 Å². The minimum Gasteiger partial charge on any atom is -0.465 e. The van der Waals surface area contributed by atoms with Gasteiger partial charge in [-0.3, -0.25) is 9.69 Å². The van der Waals surface area contributed by atoms with Crippen LogP contribution in [0.5, 0.6) is 0 Å². The van der Waals surface area contributed by atoms with Crippen LogP contribution in [0.25, 0.3) is 0 Å². The summed E-state index contributed by atoms with van der Waals surface area (Å²) in [5.41, 5.74) is 0. The number of esters is 1. The number of nitrogens with zero attached hydrogens (tertiary/aromatic N) is 1. The van der Waals surface area contributed by atoms with Gasteiger partial charge in [-0.2, -0.15) is 0 Å². The van der Waals surface area contributed by atoms with Gasteiger partial charge in [0, 0.05) is 19.1 Å². The number of nitrogens with one attached hydrogen (secondary N) is 1. The highest BCUT2D eigenvalue weighted by atomic mass is 35.5. The van der Waals surface area contributed by atoms with E-state index in [9.17, 15) is 4.79 Å². The van der Waals surface area contributed by atoms with Crippen LogP contribution in [0, 0.1) is 5.92 Å². The predicted molar refractivity (Wildman–Crippen MR) is 74.1 cm³/mol. The molecule has 0 atom stereocenters. The molecule has 2 aliphatic rings. The molecule has 0 aromatic heterocycles. The van der Waals surface area contributed by atoms with Crippen molar-refractivity contribution >= 4 is 18.4 Å². The van der Waals surface area contributed by atoms with Crippen molar-refractivity contribution in [2.75, 3.05) is 32.8 Å². The maximum atomic E-state index is 11.3. The number of rotatable bonds is 6. The molecule has 0 unspecified atom stereocenters. The van der Waals surface area contributed by atoms with Gasteiger partial charge in [-0.25, -0.2) is 0 Å². The Morgan fingerprint density at radius 2 is 1.94 bits per heavy atom. The molecule has 1 saturated carbocycles. The van der Waals surface area contributed by atoms with Gasteiger partial charge in [-0.05, 0) is 45.1 Å². The topological polar surface area (TPSA) is 41.6 Å². The molecule has 2 rings (SSSR count). The largest absolute Gasteiger partial charge is 0.465 e. The first kappa shape index (κ1) is 15.7. The van der Waals surface area contributed by atoms with Gasteiger partial charge in [0.2, 0.25) is 0 Å². The number of hydrogen-bond donors (Lipinski definition) is 1. The summed E-state index contributed by atoms with van der Waals surface area (Å²) < 4.78 is 4.96. The summed E-state index contributed by atoms with van der Waals surface area (Å²) in [6.45, 7) is 6.03. The lowest BCUT2D eigenvalue weighted by molar-refractivity contribution is -0.144. The summed E-state index contributed by atoms with van der Waals surface area (Å²) in [6, 6.07) is 0.661. The highest BCUT2D eigenvalue weighted by molar-refractivity contribution is 5.85. The van der Waals surface area contributed by atoms with E-state index in [0.717, 1.165) is 31.8 Å². The van der Waals surface area contributed by atoms with E-state index in [2.05, 4.69) is 10.2 Å². The first-order valence-corrected chi connectivity index (χ1v) is 6.89. The van der Waals surface area contributed by atoms with Crippen LogP contribution < -0.4 is 5.32 Å². The van der Waals surface area contributed by atoms with E-state index in [-0.39, 0.29) is 18.4 Å². The molecule has 18 heavy (non-hydrogen) atoms. The minimum absolute atomic E-state index is 0. The molecule has 1 aliphatic heterocycles. The van der Waals surface area contributed by atoms with Crippen LogP contribution in [0.4, 0.5) is 0 Å². The minimum atomic E-state index is -0.0862. The summed E-state index contributed by atoms with van der Waals surface area (Å²) in [5, 5.41) is 3.64. The van der Waals surface area contributed by atoms with E-state index in [4.69, 9.17) is 4.74 Å². The molecule has 4 nitrogen and oxygen atoms in total. The Morgan fingerprint density at radius 3 is 2.50 bits per heavy atom. The normalized spacial score (nSPS) is 21.4. The van der Waals surface area contributed by atoms with Crippen LogP contribution in [0.3, 0.4) is 0 Å². The number of likely N-dealkylation sites (tertiary alicyclic amines) is 1. The van der Waals surface area contributed by atoms with Gasteiger partial charge in [0.1, 0.15) is 0 Å². The average molecular weight is 277 g/mol. The van der Waals surface area contributed by atoms with E-state index in [1.807, 2.05) is 6.92 Å². The molecule has 0 bridgehead atoms. The Bertz CT molecular complexity index is 251. The number of carbonyl (C=O) groups excluding carboxylic acids is 1. The van der Waals surface area contributed by atoms with Gasteiger partial charge in [0.05, 0.1) is 13.2 Å². The second-order valence-electron chi connectivity index (χ2n) is 5.21. The molecular weight excluding hydrogens is 252 g/mol. The molecule has 2 fully saturated rings. The molecule has 0 spiro atoms. The number of hydrogen-bond acceptors (Lipinski definition) is 4. The SMILES string of the molecule is CCOC(=O)CN1CCC(NCC2CC2)CC1.Cl. The second-order valence-corrected chi connectivity index (χ2v) is 5.21. The Kier molecular flexibility index (Phi) is 6.97. The van der Waals surface area contributed by atoms with Crippen LogP contribution in [0.1, 0.15) is 32.6 Å². The van der Waals surface area contributed by atoms with Crippen molar-refractivity contribution < 1.29 is 9.53 Å². The van der Waals surface area contributed by atoms with Crippen molar-refractivity contribution in [2.45, 2.75) is 38.6 Å². The summed E-state index contributed by atoms with van der Waals surface area (Å²) in [7, 11) is 0. The first-order chi connectivity index (χ1) is 8.28. The summed E-state index contributed by atoms with van der Waals surface area (Å²) in [6.07, 6.45) is 5.14. The van der Waals surface area contributed by atoms with Gasteiger partial charge < -0.3 is 10.1 Å². The fourth-order valence-corrected chi connectivity index (χ4v) is 2.34. The van der Waals surface area contributed by atoms with Crippen molar-refractivity contribution in [3.05, 3.63) is 0 Å². The standard InChI is InChI=1S/C13H24N2O2.ClH/c1-2-17-13(16)10-15-7-5-12(6-8-15)14-9-11-3-4-11;/h11-12,14H,2-10H2,1H3;1H. The lowest BCUT2D eigenvalue weighted by atomic mass is 10.0. The first-order valence-electron chi connectivity index (χ1n) is 6.89. The highest BCUT2D eigenvalue weighted by Gasteiger charge is 2.24. The maximum Gasteiger partial charge on any atom is 0.320 e. The van der Waals surface area contributed by atoms with Crippen molar-refractivity contribution in [3.63, 3.8) is 0 Å². The lowest BCUT2D eigenvalue weighted by Gasteiger charge is -2.31. The molecule has 0 radical (unpaired) electrons. The molecule has 1 heterocycles. The third-order valence-electron chi connectivity index (χ3n) is 3.64. The summed E-state index contributed by atoms with van der Waals surface area (Å²) in [4.78, 5) is 13.5. The zero-order valence-electron chi connectivity index (χ0n) is 11.2. The molecule has 0 aromatic carbocycles. The number of halogens is 1. The monoisotopic (exact) mass is 276 g/mol. The van der Waals surface area contributed by atoms with Crippen molar-refractivity contribution in [1.29, 1.82) is 0 Å². The van der Waals surface area contributed by atoms with Crippen molar-refractivity contribution in [1.82, 2.24) is 10.2 Å². The van der Waals surface area contributed by atoms with Gasteiger partial charge in [-0.1, -0.05) is 0 Å². The van der Waals surface area contributed by atoms with E-state index in [0.29, 0.717) is 19.2 Å². The van der Waals surface area contributed by atoms with E-state index in [1.165, 1.54) is 19.4 Å². The van der Waals surface area contributed by atoms with Gasteiger partial charge in [0.15, 0.2) is 0 Å². The molecule has 5 heteroatoms. The van der Waals surface area contributed by atoms with Crippen LogP contribution in [0.15, 0.2) is 0 Å². The average Bonchev–Trinajstić information content (AvgIpc) is 3.12. The Labute approximate surface area is 116 Å². The third-order valence-corrected chi connectivity index (χ3v) is 3.64. The predicted octanol–water partition coefficient (Wildman–Crippen LogP) is 1.44. The van der Waals surface area contributed by atoms with E-state index >= 15 is 0 Å². The molecule has 0 amide bonds. The quantitative estimate of drug-likeness (QED) is 0.746. The van der Waals surface area contributed by atoms with Gasteiger partial charge in [-0.15, -0.1) is 12.4 Å². The zero-order chi connectivity index (χ0) is 12.1. The second kappa shape index (κ2) is 7.97. The van der Waals surface area contributed by atoms with Crippen molar-refractivity contribution in [2.24, 2.45) is 5.92 Å². The number of piperidine rings is 1. The zero-order valence-corrected chi connectivity index (χ0v) is 12.0. The maximum absolute atomic E-state index is 11.3. The molecule has 1 N–H and O–H groups in total. The fraction of sp³-hybridized carbons (Fsp3) is 0.923. The van der Waals surface area contributed by atoms with Gasteiger partial charge >= 0.3 is 5.97 Å². The molecule has 1 aliphatic carbocycles. The Morgan fingerprint density at radius 1 is 1.28 bits per heavy atom. The van der Waals surface area contributed by atoms with Crippen molar-refractivity contribution in [3.8, 4) is 0 Å². The van der Waals surface area contributed by atoms with Crippen LogP contribution in [-0.2, 0) is 9.53 Å². The molecule has 106 valence electrons. The van der Waals surface area contributed by atoms with E-state index < -0.39 is 0 Å².